The Morgan fingerprint density at radius 3 is 2.75 bits per heavy atom. The molecule has 1 aromatic carbocycles. The number of rotatable bonds is 4. The van der Waals surface area contributed by atoms with Crippen molar-refractivity contribution >= 4 is 5.91 Å². The van der Waals surface area contributed by atoms with E-state index in [0.717, 1.165) is 25.7 Å². The van der Waals surface area contributed by atoms with Crippen molar-refractivity contribution in [2.75, 3.05) is 20.3 Å². The molecule has 6 nitrogen and oxygen atoms in total. The van der Waals surface area contributed by atoms with Crippen LogP contribution in [0, 0.1) is 17.2 Å². The molecule has 1 amide bonds. The van der Waals surface area contributed by atoms with E-state index >= 15 is 0 Å². The van der Waals surface area contributed by atoms with Gasteiger partial charge in [0.1, 0.15) is 19.3 Å². The highest BCUT2D eigenvalue weighted by molar-refractivity contribution is 5.96. The van der Waals surface area contributed by atoms with Crippen LogP contribution in [-0.2, 0) is 0 Å². The van der Waals surface area contributed by atoms with Gasteiger partial charge < -0.3 is 19.5 Å². The van der Waals surface area contributed by atoms with Gasteiger partial charge >= 0.3 is 0 Å². The average Bonchev–Trinajstić information content (AvgIpc) is 2.65. The van der Waals surface area contributed by atoms with Gasteiger partial charge in [-0.3, -0.25) is 4.79 Å². The molecule has 1 aromatic rings. The predicted octanol–water partition coefficient (Wildman–Crippen LogP) is 2.67. The molecule has 2 aliphatic rings. The van der Waals surface area contributed by atoms with Crippen molar-refractivity contribution in [1.82, 2.24) is 5.32 Å². The molecule has 0 spiro atoms. The quantitative estimate of drug-likeness (QED) is 0.918. The second kappa shape index (κ2) is 7.43. The zero-order valence-corrected chi connectivity index (χ0v) is 13.8. The van der Waals surface area contributed by atoms with Gasteiger partial charge in [-0.25, -0.2) is 0 Å². The number of carbonyl (C=O) groups is 1. The van der Waals surface area contributed by atoms with E-state index in [9.17, 15) is 10.1 Å². The minimum absolute atomic E-state index is 0.229. The Kier molecular flexibility index (Phi) is 5.09. The number of nitrogens with zero attached hydrogens (tertiary/aromatic N) is 1. The van der Waals surface area contributed by atoms with Crippen LogP contribution in [0.15, 0.2) is 12.1 Å². The number of fused-ring (bicyclic) bond motifs is 1. The van der Waals surface area contributed by atoms with Crippen LogP contribution in [0.4, 0.5) is 0 Å². The Morgan fingerprint density at radius 2 is 2.04 bits per heavy atom. The van der Waals surface area contributed by atoms with Crippen molar-refractivity contribution in [3.8, 4) is 23.3 Å². The van der Waals surface area contributed by atoms with Crippen molar-refractivity contribution in [2.24, 2.45) is 5.92 Å². The average molecular weight is 330 g/mol. The van der Waals surface area contributed by atoms with Crippen molar-refractivity contribution in [3.63, 3.8) is 0 Å². The van der Waals surface area contributed by atoms with Gasteiger partial charge in [0.2, 0.25) is 5.75 Å². The highest BCUT2D eigenvalue weighted by atomic mass is 16.6. The van der Waals surface area contributed by atoms with Gasteiger partial charge in [-0.05, 0) is 30.9 Å². The molecule has 24 heavy (non-hydrogen) atoms. The van der Waals surface area contributed by atoms with E-state index in [4.69, 9.17) is 14.2 Å². The van der Waals surface area contributed by atoms with Crippen LogP contribution < -0.4 is 19.5 Å². The molecule has 0 radical (unpaired) electrons. The Balaban J connectivity index is 1.78. The van der Waals surface area contributed by atoms with Crippen LogP contribution in [-0.4, -0.2) is 32.3 Å². The largest absolute Gasteiger partial charge is 0.493 e. The lowest BCUT2D eigenvalue weighted by Gasteiger charge is -2.26. The molecule has 1 N–H and O–H groups in total. The number of nitriles is 1. The molecule has 1 atom stereocenters. The van der Waals surface area contributed by atoms with E-state index in [1.807, 2.05) is 0 Å². The summed E-state index contributed by atoms with van der Waals surface area (Å²) < 4.78 is 16.4. The Bertz CT molecular complexity index is 630. The van der Waals surface area contributed by atoms with E-state index in [0.29, 0.717) is 36.0 Å². The lowest BCUT2D eigenvalue weighted by atomic mass is 9.84. The lowest BCUT2D eigenvalue weighted by Crippen LogP contribution is -2.40. The van der Waals surface area contributed by atoms with E-state index in [-0.39, 0.29) is 11.8 Å². The van der Waals surface area contributed by atoms with Crippen LogP contribution >= 0.6 is 0 Å². The van der Waals surface area contributed by atoms with Gasteiger partial charge in [0.15, 0.2) is 11.5 Å². The van der Waals surface area contributed by atoms with Crippen molar-refractivity contribution in [3.05, 3.63) is 17.7 Å². The summed E-state index contributed by atoms with van der Waals surface area (Å²) in [5.74, 6) is 1.42. The number of carbonyl (C=O) groups excluding carboxylic acids is 1. The molecule has 1 heterocycles. The molecular weight excluding hydrogens is 308 g/mol. The molecule has 6 heteroatoms. The molecule has 1 saturated carbocycles. The van der Waals surface area contributed by atoms with Crippen molar-refractivity contribution in [1.29, 1.82) is 5.26 Å². The first kappa shape index (κ1) is 16.4. The van der Waals surface area contributed by atoms with E-state index in [1.165, 1.54) is 13.5 Å². The fraction of sp³-hybridized carbons (Fsp3) is 0.556. The Morgan fingerprint density at radius 1 is 1.29 bits per heavy atom. The zero-order valence-electron chi connectivity index (χ0n) is 13.8. The van der Waals surface area contributed by atoms with Gasteiger partial charge in [-0.1, -0.05) is 19.3 Å². The number of hydrogen-bond acceptors (Lipinski definition) is 5. The molecule has 3 rings (SSSR count). The maximum Gasteiger partial charge on any atom is 0.252 e. The molecule has 1 aliphatic carbocycles. The third kappa shape index (κ3) is 3.40. The van der Waals surface area contributed by atoms with Gasteiger partial charge in [0.25, 0.3) is 5.91 Å². The van der Waals surface area contributed by atoms with Crippen LogP contribution in [0.1, 0.15) is 42.5 Å². The summed E-state index contributed by atoms with van der Waals surface area (Å²) in [4.78, 5) is 12.6. The monoisotopic (exact) mass is 330 g/mol. The molecular formula is C18H22N2O4. The zero-order chi connectivity index (χ0) is 16.9. The van der Waals surface area contributed by atoms with Gasteiger partial charge in [-0.15, -0.1) is 0 Å². The molecule has 0 bridgehead atoms. The predicted molar refractivity (Wildman–Crippen MR) is 87.4 cm³/mol. The summed E-state index contributed by atoms with van der Waals surface area (Å²) >= 11 is 0. The number of nitrogens with one attached hydrogen (secondary N) is 1. The molecule has 1 unspecified atom stereocenters. The number of ether oxygens (including phenoxy) is 3. The SMILES string of the molecule is COc1cc(C(=O)NC(C#N)C2CCCCC2)cc2c1OCCO2. The summed E-state index contributed by atoms with van der Waals surface area (Å²) in [6.07, 6.45) is 5.43. The van der Waals surface area contributed by atoms with Crippen LogP contribution in [0.2, 0.25) is 0 Å². The molecule has 1 fully saturated rings. The fourth-order valence-corrected chi connectivity index (χ4v) is 3.35. The maximum atomic E-state index is 12.6. The maximum absolute atomic E-state index is 12.6. The first-order valence-electron chi connectivity index (χ1n) is 8.41. The summed E-state index contributed by atoms with van der Waals surface area (Å²) in [7, 11) is 1.52. The Hall–Kier alpha value is -2.42. The van der Waals surface area contributed by atoms with E-state index in [1.54, 1.807) is 12.1 Å². The fourth-order valence-electron chi connectivity index (χ4n) is 3.35. The highest BCUT2D eigenvalue weighted by Gasteiger charge is 2.27. The van der Waals surface area contributed by atoms with E-state index in [2.05, 4.69) is 11.4 Å². The molecule has 0 aromatic heterocycles. The molecule has 1 aliphatic heterocycles. The summed E-state index contributed by atoms with van der Waals surface area (Å²) in [6.45, 7) is 0.886. The van der Waals surface area contributed by atoms with Gasteiger partial charge in [0, 0.05) is 5.56 Å². The summed E-state index contributed by atoms with van der Waals surface area (Å²) in [5.41, 5.74) is 0.409. The topological polar surface area (TPSA) is 80.6 Å². The number of hydrogen-bond donors (Lipinski definition) is 1. The lowest BCUT2D eigenvalue weighted by molar-refractivity contribution is 0.0927. The third-order valence-corrected chi connectivity index (χ3v) is 4.64. The second-order valence-corrected chi connectivity index (χ2v) is 6.18. The summed E-state index contributed by atoms with van der Waals surface area (Å²) in [6, 6.07) is 5.05. The number of methoxy groups -OCH3 is 1. The molecule has 0 saturated heterocycles. The normalized spacial score (nSPS) is 18.3. The van der Waals surface area contributed by atoms with Gasteiger partial charge in [0.05, 0.1) is 13.2 Å². The minimum Gasteiger partial charge on any atom is -0.493 e. The second-order valence-electron chi connectivity index (χ2n) is 6.18. The summed E-state index contributed by atoms with van der Waals surface area (Å²) in [5, 5.41) is 12.3. The van der Waals surface area contributed by atoms with Gasteiger partial charge in [-0.2, -0.15) is 5.26 Å². The standard InChI is InChI=1S/C18H22N2O4/c1-22-15-9-13(10-16-17(15)24-8-7-23-16)18(21)20-14(11-19)12-5-3-2-4-6-12/h9-10,12,14H,2-8H2,1H3,(H,20,21). The Labute approximate surface area is 141 Å². The van der Waals surface area contributed by atoms with Crippen molar-refractivity contribution < 1.29 is 19.0 Å². The van der Waals surface area contributed by atoms with Crippen LogP contribution in [0.25, 0.3) is 0 Å². The van der Waals surface area contributed by atoms with E-state index < -0.39 is 6.04 Å². The smallest absolute Gasteiger partial charge is 0.252 e. The third-order valence-electron chi connectivity index (χ3n) is 4.64. The first-order chi connectivity index (χ1) is 11.7. The van der Waals surface area contributed by atoms with Crippen molar-refractivity contribution in [2.45, 2.75) is 38.1 Å². The first-order valence-corrected chi connectivity index (χ1v) is 8.41. The minimum atomic E-state index is -0.461. The van der Waals surface area contributed by atoms with Crippen LogP contribution in [0.3, 0.4) is 0 Å². The number of benzene rings is 1. The highest BCUT2D eigenvalue weighted by Crippen LogP contribution is 2.40. The molecule has 128 valence electrons. The number of amides is 1. The van der Waals surface area contributed by atoms with Crippen LogP contribution in [0.5, 0.6) is 17.2 Å².